The summed E-state index contributed by atoms with van der Waals surface area (Å²) in [6, 6.07) is 14.2. The monoisotopic (exact) mass is 762 g/mol. The van der Waals surface area contributed by atoms with Gasteiger partial charge in [-0.25, -0.2) is 15.0 Å². The Morgan fingerprint density at radius 3 is 2.58 bits per heavy atom. The van der Waals surface area contributed by atoms with E-state index >= 15 is 0 Å². The second kappa shape index (κ2) is 15.1. The molecule has 3 N–H and O–H groups in total. The molecule has 1 saturated heterocycles. The van der Waals surface area contributed by atoms with Crippen molar-refractivity contribution in [1.29, 1.82) is 0 Å². The largest absolute Gasteiger partial charge is 0.481 e. The van der Waals surface area contributed by atoms with Gasteiger partial charge in [-0.1, -0.05) is 41.9 Å². The molecule has 3 aliphatic rings. The fourth-order valence-electron chi connectivity index (χ4n) is 8.71. The Kier molecular flexibility index (Phi) is 10.2. The van der Waals surface area contributed by atoms with Crippen molar-refractivity contribution in [3.05, 3.63) is 99.6 Å². The van der Waals surface area contributed by atoms with Crippen LogP contribution in [0.15, 0.2) is 55.0 Å². The standard InChI is InChI=1S/C42H47ClN8O4/c1-25-27(19-34-38-33(45-24-46-34)18-26(20-44-38)21-50-16-12-29(52)22-50)6-4-7-30(25)31-8-5-9-32(37(31)43)48-40(53)39-47-35-23-51(17-13-36(35)49(39)3)28-10-14-42(2,15-11-28)41(54)55/h4-9,18,20,24,28-29,52H,10-17,19,21-23H2,1-3H3,(H,48,53)(H,54,55)/t28?,29-,42?/m1/s1. The molecule has 1 aliphatic carbocycles. The van der Waals surface area contributed by atoms with E-state index in [0.717, 1.165) is 101 Å². The molecule has 1 saturated carbocycles. The highest BCUT2D eigenvalue weighted by molar-refractivity contribution is 6.36. The van der Waals surface area contributed by atoms with E-state index in [1.807, 2.05) is 49.0 Å². The lowest BCUT2D eigenvalue weighted by Gasteiger charge is -2.41. The fourth-order valence-corrected chi connectivity index (χ4v) is 8.99. The maximum absolute atomic E-state index is 13.8. The number of imidazole rings is 1. The van der Waals surface area contributed by atoms with Crippen LogP contribution in [0.4, 0.5) is 5.69 Å². The van der Waals surface area contributed by atoms with Crippen molar-refractivity contribution in [2.24, 2.45) is 12.5 Å². The van der Waals surface area contributed by atoms with Crippen molar-refractivity contribution in [2.45, 2.75) is 84.0 Å². The van der Waals surface area contributed by atoms with Crippen molar-refractivity contribution in [3.8, 4) is 11.1 Å². The summed E-state index contributed by atoms with van der Waals surface area (Å²) in [6.45, 7) is 7.69. The van der Waals surface area contributed by atoms with Gasteiger partial charge in [-0.05, 0) is 80.3 Å². The molecule has 55 heavy (non-hydrogen) atoms. The van der Waals surface area contributed by atoms with Crippen LogP contribution in [-0.4, -0.2) is 88.2 Å². The van der Waals surface area contributed by atoms with Crippen molar-refractivity contribution in [1.82, 2.24) is 34.3 Å². The van der Waals surface area contributed by atoms with Crippen molar-refractivity contribution in [3.63, 3.8) is 0 Å². The second-order valence-electron chi connectivity index (χ2n) is 15.8. The third kappa shape index (κ3) is 7.36. The number of fused-ring (bicyclic) bond motifs is 2. The van der Waals surface area contributed by atoms with Crippen LogP contribution in [0.3, 0.4) is 0 Å². The second-order valence-corrected chi connectivity index (χ2v) is 16.2. The first kappa shape index (κ1) is 37.2. The number of hydrogen-bond acceptors (Lipinski definition) is 9. The number of benzene rings is 2. The van der Waals surface area contributed by atoms with E-state index in [0.29, 0.717) is 54.9 Å². The molecular formula is C42H47ClN8O4. The molecule has 1 amide bonds. The number of nitrogens with zero attached hydrogens (tertiary/aromatic N) is 7. The highest BCUT2D eigenvalue weighted by Gasteiger charge is 2.40. The number of aliphatic hydroxyl groups excluding tert-OH is 1. The van der Waals surface area contributed by atoms with Gasteiger partial charge in [0, 0.05) is 76.1 Å². The minimum Gasteiger partial charge on any atom is -0.481 e. The third-order valence-electron chi connectivity index (χ3n) is 12.2. The van der Waals surface area contributed by atoms with E-state index in [9.17, 15) is 19.8 Å². The highest BCUT2D eigenvalue weighted by Crippen LogP contribution is 2.40. The van der Waals surface area contributed by atoms with Gasteiger partial charge in [0.2, 0.25) is 0 Å². The summed E-state index contributed by atoms with van der Waals surface area (Å²) in [5, 5.41) is 23.1. The van der Waals surface area contributed by atoms with Gasteiger partial charge in [0.05, 0.1) is 39.1 Å². The average molecular weight is 763 g/mol. The van der Waals surface area contributed by atoms with Gasteiger partial charge < -0.3 is 20.1 Å². The molecule has 286 valence electrons. The Morgan fingerprint density at radius 1 is 1.04 bits per heavy atom. The minimum atomic E-state index is -0.710. The van der Waals surface area contributed by atoms with Crippen LogP contribution in [0.1, 0.15) is 83.4 Å². The van der Waals surface area contributed by atoms with Gasteiger partial charge in [-0.15, -0.1) is 0 Å². The summed E-state index contributed by atoms with van der Waals surface area (Å²) in [4.78, 5) is 48.9. The molecule has 3 aromatic heterocycles. The van der Waals surface area contributed by atoms with Crippen LogP contribution >= 0.6 is 11.6 Å². The van der Waals surface area contributed by atoms with Gasteiger partial charge in [0.1, 0.15) is 11.8 Å². The Morgan fingerprint density at radius 2 is 1.82 bits per heavy atom. The molecule has 0 spiro atoms. The number of likely N-dealkylation sites (tertiary alicyclic amines) is 1. The molecule has 0 radical (unpaired) electrons. The lowest BCUT2D eigenvalue weighted by atomic mass is 9.73. The van der Waals surface area contributed by atoms with Crippen LogP contribution in [0, 0.1) is 12.3 Å². The van der Waals surface area contributed by atoms with Crippen LogP contribution in [0.2, 0.25) is 5.02 Å². The number of aromatic nitrogens is 5. The van der Waals surface area contributed by atoms with Crippen LogP contribution < -0.4 is 5.32 Å². The normalized spacial score (nSPS) is 21.8. The summed E-state index contributed by atoms with van der Waals surface area (Å²) in [6.07, 6.45) is 8.36. The van der Waals surface area contributed by atoms with Crippen LogP contribution in [0.5, 0.6) is 0 Å². The number of halogens is 1. The number of carbonyl (C=O) groups excluding carboxylic acids is 1. The zero-order valence-electron chi connectivity index (χ0n) is 31.6. The Labute approximate surface area is 325 Å². The zero-order valence-corrected chi connectivity index (χ0v) is 32.3. The molecular weight excluding hydrogens is 716 g/mol. The number of aliphatic carboxylic acids is 1. The molecule has 8 rings (SSSR count). The maximum Gasteiger partial charge on any atom is 0.309 e. The quantitative estimate of drug-likeness (QED) is 0.159. The highest BCUT2D eigenvalue weighted by atomic mass is 35.5. The number of β-amino-alcohol motifs (C(OH)–C–C–N with tert-alkyl or cyclic N) is 1. The molecule has 0 bridgehead atoms. The predicted octanol–water partition coefficient (Wildman–Crippen LogP) is 6.19. The van der Waals surface area contributed by atoms with Crippen LogP contribution in [-0.2, 0) is 37.8 Å². The summed E-state index contributed by atoms with van der Waals surface area (Å²) >= 11 is 7.07. The number of hydrogen-bond donors (Lipinski definition) is 3. The first-order chi connectivity index (χ1) is 26.5. The Balaban J connectivity index is 0.975. The van der Waals surface area contributed by atoms with Gasteiger partial charge in [0.25, 0.3) is 5.91 Å². The molecule has 5 heterocycles. The molecule has 13 heteroatoms. The summed E-state index contributed by atoms with van der Waals surface area (Å²) in [5.41, 5.74) is 9.15. The summed E-state index contributed by atoms with van der Waals surface area (Å²) in [7, 11) is 1.89. The SMILES string of the molecule is Cc1c(Cc2ncnc3cc(CN4CC[C@@H](O)C4)cnc23)cccc1-c1cccc(NC(=O)c2nc3c(n2C)CCN(C2CCC(C)(C(=O)O)CC2)C3)c1Cl. The van der Waals surface area contributed by atoms with Crippen molar-refractivity contribution < 1.29 is 19.8 Å². The Hall–Kier alpha value is -4.75. The van der Waals surface area contributed by atoms with Gasteiger partial charge in [-0.3, -0.25) is 24.4 Å². The fraction of sp³-hybridized carbons (Fsp3) is 0.429. The number of anilines is 1. The average Bonchev–Trinajstić information content (AvgIpc) is 3.74. The molecule has 2 fully saturated rings. The van der Waals surface area contributed by atoms with E-state index in [2.05, 4.69) is 44.1 Å². The van der Waals surface area contributed by atoms with E-state index in [-0.39, 0.29) is 12.0 Å². The van der Waals surface area contributed by atoms with E-state index in [1.54, 1.807) is 12.4 Å². The molecule has 2 aliphatic heterocycles. The van der Waals surface area contributed by atoms with E-state index in [4.69, 9.17) is 21.6 Å². The van der Waals surface area contributed by atoms with Gasteiger partial charge in [-0.2, -0.15) is 0 Å². The van der Waals surface area contributed by atoms with Crippen molar-refractivity contribution >= 4 is 40.2 Å². The molecule has 0 unspecified atom stereocenters. The summed E-state index contributed by atoms with van der Waals surface area (Å²) < 4.78 is 1.89. The molecule has 2 aromatic carbocycles. The predicted molar refractivity (Wildman–Crippen MR) is 211 cm³/mol. The first-order valence-electron chi connectivity index (χ1n) is 19.2. The van der Waals surface area contributed by atoms with E-state index in [1.165, 1.54) is 0 Å². The third-order valence-corrected chi connectivity index (χ3v) is 12.6. The molecule has 5 aromatic rings. The number of carboxylic acids is 1. The maximum atomic E-state index is 13.8. The topological polar surface area (TPSA) is 150 Å². The first-order valence-corrected chi connectivity index (χ1v) is 19.5. The number of aliphatic hydroxyl groups is 1. The van der Waals surface area contributed by atoms with Crippen molar-refractivity contribution in [2.75, 3.05) is 25.0 Å². The van der Waals surface area contributed by atoms with Gasteiger partial charge >= 0.3 is 5.97 Å². The number of rotatable bonds is 9. The number of pyridine rings is 1. The smallest absolute Gasteiger partial charge is 0.309 e. The number of nitrogens with one attached hydrogen (secondary N) is 1. The number of carbonyl (C=O) groups is 2. The lowest BCUT2D eigenvalue weighted by Crippen LogP contribution is -2.44. The van der Waals surface area contributed by atoms with Gasteiger partial charge in [0.15, 0.2) is 5.82 Å². The number of amides is 1. The number of carboxylic acid groups (broad SMARTS) is 1. The molecule has 12 nitrogen and oxygen atoms in total. The minimum absolute atomic E-state index is 0.266. The lowest BCUT2D eigenvalue weighted by molar-refractivity contribution is -0.150. The summed E-state index contributed by atoms with van der Waals surface area (Å²) in [5.74, 6) is -0.703. The Bertz CT molecular complexity index is 2280. The zero-order chi connectivity index (χ0) is 38.4. The van der Waals surface area contributed by atoms with Crippen LogP contribution in [0.25, 0.3) is 22.2 Å². The van der Waals surface area contributed by atoms with E-state index < -0.39 is 11.4 Å². The molecule has 1 atom stereocenters.